The number of rotatable bonds is 6. The lowest BCUT2D eigenvalue weighted by molar-refractivity contribution is 0.197. The molecule has 0 aromatic heterocycles. The Kier molecular flexibility index (Phi) is 6.98. The van der Waals surface area contributed by atoms with Crippen molar-refractivity contribution < 1.29 is 9.84 Å². The van der Waals surface area contributed by atoms with Crippen molar-refractivity contribution in [2.45, 2.75) is 13.5 Å². The second kappa shape index (κ2) is 8.54. The van der Waals surface area contributed by atoms with Gasteiger partial charge >= 0.3 is 0 Å². The summed E-state index contributed by atoms with van der Waals surface area (Å²) in [4.78, 5) is 2.17. The highest BCUT2D eigenvalue weighted by Gasteiger charge is 2.06. The summed E-state index contributed by atoms with van der Waals surface area (Å²) in [5.41, 5.74) is 7.40. The van der Waals surface area contributed by atoms with E-state index >= 15 is 0 Å². The number of hydrogen-bond donors (Lipinski definition) is 2. The third kappa shape index (κ3) is 4.92. The Morgan fingerprint density at radius 1 is 1.42 bits per heavy atom. The largest absolute Gasteiger partial charge is 0.495 e. The van der Waals surface area contributed by atoms with Gasteiger partial charge in [-0.15, -0.1) is 0 Å². The fourth-order valence-electron chi connectivity index (χ4n) is 1.85. The van der Waals surface area contributed by atoms with Crippen LogP contribution in [0.15, 0.2) is 18.2 Å². The van der Waals surface area contributed by atoms with Crippen LogP contribution >= 0.6 is 0 Å². The van der Waals surface area contributed by atoms with Gasteiger partial charge in [-0.25, -0.2) is 0 Å². The molecule has 0 radical (unpaired) electrons. The van der Waals surface area contributed by atoms with Gasteiger partial charge in [-0.3, -0.25) is 4.90 Å². The monoisotopic (exact) mass is 262 g/mol. The first-order valence-corrected chi connectivity index (χ1v) is 6.44. The van der Waals surface area contributed by atoms with Crippen LogP contribution in [-0.2, 0) is 6.54 Å². The van der Waals surface area contributed by atoms with Crippen LogP contribution in [-0.4, -0.2) is 43.4 Å². The molecule has 0 saturated carbocycles. The van der Waals surface area contributed by atoms with Crippen molar-refractivity contribution in [3.05, 3.63) is 29.3 Å². The molecule has 1 aromatic rings. The van der Waals surface area contributed by atoms with E-state index < -0.39 is 0 Å². The van der Waals surface area contributed by atoms with Crippen LogP contribution in [0.2, 0.25) is 0 Å². The van der Waals surface area contributed by atoms with E-state index in [1.54, 1.807) is 7.11 Å². The first-order chi connectivity index (χ1) is 9.24. The highest BCUT2D eigenvalue weighted by molar-refractivity contribution is 5.48. The van der Waals surface area contributed by atoms with E-state index in [-0.39, 0.29) is 6.61 Å². The molecule has 4 nitrogen and oxygen atoms in total. The maximum Gasteiger partial charge on any atom is 0.134 e. The van der Waals surface area contributed by atoms with Crippen LogP contribution in [0.3, 0.4) is 0 Å². The van der Waals surface area contributed by atoms with Gasteiger partial charge in [0.15, 0.2) is 0 Å². The molecule has 0 saturated heterocycles. The van der Waals surface area contributed by atoms with E-state index in [0.717, 1.165) is 30.0 Å². The van der Waals surface area contributed by atoms with Crippen molar-refractivity contribution in [3.8, 4) is 17.6 Å². The smallest absolute Gasteiger partial charge is 0.134 e. The van der Waals surface area contributed by atoms with Crippen LogP contribution in [0.25, 0.3) is 0 Å². The first kappa shape index (κ1) is 15.5. The number of methoxy groups -OCH3 is 1. The average molecular weight is 262 g/mol. The van der Waals surface area contributed by atoms with Gasteiger partial charge in [0.25, 0.3) is 0 Å². The number of ether oxygens (including phenoxy) is 1. The third-order valence-electron chi connectivity index (χ3n) is 2.86. The Morgan fingerprint density at radius 3 is 2.79 bits per heavy atom. The molecular formula is C15H22N2O2. The highest BCUT2D eigenvalue weighted by atomic mass is 16.5. The van der Waals surface area contributed by atoms with Crippen molar-refractivity contribution in [1.82, 2.24) is 4.90 Å². The lowest BCUT2D eigenvalue weighted by Gasteiger charge is -2.19. The normalized spacial score (nSPS) is 10.2. The Bertz CT molecular complexity index is 449. The van der Waals surface area contributed by atoms with Crippen LogP contribution in [0.5, 0.6) is 5.75 Å². The summed E-state index contributed by atoms with van der Waals surface area (Å²) in [5, 5.41) is 9.00. The summed E-state index contributed by atoms with van der Waals surface area (Å²) in [7, 11) is 1.63. The van der Waals surface area contributed by atoms with E-state index in [0.29, 0.717) is 13.1 Å². The van der Waals surface area contributed by atoms with Crippen molar-refractivity contribution in [1.29, 1.82) is 0 Å². The Morgan fingerprint density at radius 2 is 2.21 bits per heavy atom. The lowest BCUT2D eigenvalue weighted by Crippen LogP contribution is -2.26. The molecule has 0 aliphatic rings. The number of hydrogen-bond acceptors (Lipinski definition) is 4. The fraction of sp³-hybridized carbons (Fsp3) is 0.467. The maximum absolute atomic E-state index is 9.00. The van der Waals surface area contributed by atoms with Crippen LogP contribution in [0.1, 0.15) is 18.1 Å². The second-order valence-corrected chi connectivity index (χ2v) is 4.13. The number of likely N-dealkylation sites (N-methyl/N-ethyl adjacent to an activating group) is 1. The minimum atomic E-state index is 0.170. The number of nitrogens with two attached hydrogens (primary N) is 1. The van der Waals surface area contributed by atoms with Crippen molar-refractivity contribution in [2.24, 2.45) is 5.73 Å². The standard InChI is InChI=1S/C15H22N2O2/c1-3-17(9-10-18)12-13-6-7-15(19-2)14(11-13)5-4-8-16/h6-7,11,18H,3,8-10,12,16H2,1-2H3. The predicted molar refractivity (Wildman–Crippen MR) is 77.0 cm³/mol. The molecule has 0 heterocycles. The van der Waals surface area contributed by atoms with E-state index in [1.165, 1.54) is 0 Å². The molecule has 3 N–H and O–H groups in total. The number of benzene rings is 1. The van der Waals surface area contributed by atoms with E-state index in [9.17, 15) is 0 Å². The SMILES string of the molecule is CCN(CCO)Cc1ccc(OC)c(C#CCN)c1. The Labute approximate surface area is 115 Å². The van der Waals surface area contributed by atoms with Gasteiger partial charge in [-0.2, -0.15) is 0 Å². The molecule has 0 atom stereocenters. The molecule has 1 aromatic carbocycles. The molecule has 0 spiro atoms. The molecule has 0 aliphatic heterocycles. The minimum Gasteiger partial charge on any atom is -0.495 e. The predicted octanol–water partition coefficient (Wildman–Crippen LogP) is 0.820. The zero-order valence-electron chi connectivity index (χ0n) is 11.6. The van der Waals surface area contributed by atoms with Gasteiger partial charge in [0.1, 0.15) is 5.75 Å². The molecule has 0 fully saturated rings. The molecule has 1 rings (SSSR count). The summed E-state index contributed by atoms with van der Waals surface area (Å²) in [6.07, 6.45) is 0. The zero-order chi connectivity index (χ0) is 14.1. The Balaban J connectivity index is 2.90. The zero-order valence-corrected chi connectivity index (χ0v) is 11.6. The van der Waals surface area contributed by atoms with Gasteiger partial charge in [0, 0.05) is 13.1 Å². The number of nitrogens with zero attached hydrogens (tertiary/aromatic N) is 1. The third-order valence-corrected chi connectivity index (χ3v) is 2.86. The van der Waals surface area contributed by atoms with Crippen molar-refractivity contribution in [2.75, 3.05) is 33.4 Å². The topological polar surface area (TPSA) is 58.7 Å². The average Bonchev–Trinajstić information content (AvgIpc) is 2.44. The Hall–Kier alpha value is -1.54. The molecule has 0 amide bonds. The molecule has 19 heavy (non-hydrogen) atoms. The van der Waals surface area contributed by atoms with Crippen molar-refractivity contribution in [3.63, 3.8) is 0 Å². The van der Waals surface area contributed by atoms with Gasteiger partial charge in [-0.1, -0.05) is 24.8 Å². The molecule has 4 heteroatoms. The summed E-state index contributed by atoms with van der Waals surface area (Å²) in [5.74, 6) is 6.62. The fourth-order valence-corrected chi connectivity index (χ4v) is 1.85. The summed E-state index contributed by atoms with van der Waals surface area (Å²) < 4.78 is 5.28. The van der Waals surface area contributed by atoms with E-state index in [1.807, 2.05) is 18.2 Å². The number of aliphatic hydroxyl groups is 1. The lowest BCUT2D eigenvalue weighted by atomic mass is 10.1. The van der Waals surface area contributed by atoms with E-state index in [4.69, 9.17) is 15.6 Å². The molecule has 0 aliphatic carbocycles. The molecule has 0 bridgehead atoms. The second-order valence-electron chi connectivity index (χ2n) is 4.13. The summed E-state index contributed by atoms with van der Waals surface area (Å²) in [6, 6.07) is 5.96. The number of aliphatic hydroxyl groups excluding tert-OH is 1. The van der Waals surface area contributed by atoms with E-state index in [2.05, 4.69) is 23.7 Å². The maximum atomic E-state index is 9.00. The summed E-state index contributed by atoms with van der Waals surface area (Å²) in [6.45, 7) is 4.94. The highest BCUT2D eigenvalue weighted by Crippen LogP contribution is 2.19. The van der Waals surface area contributed by atoms with Gasteiger partial charge in [0.05, 0.1) is 25.8 Å². The summed E-state index contributed by atoms with van der Waals surface area (Å²) >= 11 is 0. The first-order valence-electron chi connectivity index (χ1n) is 6.44. The molecule has 104 valence electrons. The minimum absolute atomic E-state index is 0.170. The van der Waals surface area contributed by atoms with Crippen LogP contribution in [0, 0.1) is 11.8 Å². The van der Waals surface area contributed by atoms with Gasteiger partial charge in [0.2, 0.25) is 0 Å². The van der Waals surface area contributed by atoms with Crippen molar-refractivity contribution >= 4 is 0 Å². The molecular weight excluding hydrogens is 240 g/mol. The quantitative estimate of drug-likeness (QED) is 0.745. The van der Waals surface area contributed by atoms with Gasteiger partial charge in [-0.05, 0) is 24.2 Å². The van der Waals surface area contributed by atoms with Crippen LogP contribution < -0.4 is 10.5 Å². The van der Waals surface area contributed by atoms with Crippen LogP contribution in [0.4, 0.5) is 0 Å². The molecule has 0 unspecified atom stereocenters. The van der Waals surface area contributed by atoms with Gasteiger partial charge < -0.3 is 15.6 Å².